The van der Waals surface area contributed by atoms with E-state index in [0.717, 1.165) is 11.1 Å². The highest BCUT2D eigenvalue weighted by Crippen LogP contribution is 2.16. The molecule has 2 amide bonds. The molecular formula is C19H19N3O3S. The lowest BCUT2D eigenvalue weighted by Crippen LogP contribution is -2.48. The van der Waals surface area contributed by atoms with Crippen molar-refractivity contribution in [2.45, 2.75) is 6.92 Å². The average molecular weight is 369 g/mol. The summed E-state index contributed by atoms with van der Waals surface area (Å²) in [7, 11) is 1.48. The predicted molar refractivity (Wildman–Crippen MR) is 105 cm³/mol. The highest BCUT2D eigenvalue weighted by atomic mass is 32.1. The van der Waals surface area contributed by atoms with Gasteiger partial charge in [-0.05, 0) is 42.9 Å². The Morgan fingerprint density at radius 2 is 1.73 bits per heavy atom. The SMILES string of the molecule is COc1ccccc1C(=O)NNC(=S)NC(=O)C=Cc1ccc(C)cc1. The highest BCUT2D eigenvalue weighted by Gasteiger charge is 2.11. The molecule has 0 saturated carbocycles. The maximum atomic E-state index is 12.1. The molecule has 6 nitrogen and oxygen atoms in total. The van der Waals surface area contributed by atoms with Crippen molar-refractivity contribution < 1.29 is 14.3 Å². The van der Waals surface area contributed by atoms with Gasteiger partial charge in [0.25, 0.3) is 5.91 Å². The van der Waals surface area contributed by atoms with E-state index in [-0.39, 0.29) is 5.11 Å². The van der Waals surface area contributed by atoms with Gasteiger partial charge < -0.3 is 4.74 Å². The summed E-state index contributed by atoms with van der Waals surface area (Å²) in [4.78, 5) is 24.0. The van der Waals surface area contributed by atoms with Crippen LogP contribution in [0, 0.1) is 6.92 Å². The van der Waals surface area contributed by atoms with E-state index in [0.29, 0.717) is 11.3 Å². The normalized spacial score (nSPS) is 10.2. The second-order valence-electron chi connectivity index (χ2n) is 5.34. The Kier molecular flexibility index (Phi) is 6.87. The van der Waals surface area contributed by atoms with Crippen LogP contribution in [0.4, 0.5) is 0 Å². The van der Waals surface area contributed by atoms with Gasteiger partial charge in [0.05, 0.1) is 12.7 Å². The van der Waals surface area contributed by atoms with Gasteiger partial charge in [0.1, 0.15) is 5.75 Å². The molecule has 7 heteroatoms. The predicted octanol–water partition coefficient (Wildman–Crippen LogP) is 2.35. The van der Waals surface area contributed by atoms with Crippen LogP contribution in [-0.2, 0) is 4.79 Å². The van der Waals surface area contributed by atoms with Gasteiger partial charge in [0.2, 0.25) is 5.91 Å². The third-order valence-corrected chi connectivity index (χ3v) is 3.59. The molecule has 26 heavy (non-hydrogen) atoms. The molecule has 0 fully saturated rings. The van der Waals surface area contributed by atoms with Gasteiger partial charge in [-0.15, -0.1) is 0 Å². The highest BCUT2D eigenvalue weighted by molar-refractivity contribution is 7.80. The lowest BCUT2D eigenvalue weighted by atomic mass is 10.1. The van der Waals surface area contributed by atoms with Gasteiger partial charge >= 0.3 is 0 Å². The Labute approximate surface area is 157 Å². The first-order valence-electron chi connectivity index (χ1n) is 7.78. The zero-order valence-corrected chi connectivity index (χ0v) is 15.2. The summed E-state index contributed by atoms with van der Waals surface area (Å²) in [6.45, 7) is 1.99. The third kappa shape index (κ3) is 5.71. The Morgan fingerprint density at radius 1 is 1.04 bits per heavy atom. The summed E-state index contributed by atoms with van der Waals surface area (Å²) >= 11 is 4.98. The van der Waals surface area contributed by atoms with E-state index in [1.807, 2.05) is 31.2 Å². The average Bonchev–Trinajstić information content (AvgIpc) is 2.65. The molecule has 0 aliphatic heterocycles. The first kappa shape index (κ1) is 19.1. The number of methoxy groups -OCH3 is 1. The molecular weight excluding hydrogens is 350 g/mol. The standard InChI is InChI=1S/C19H19N3O3S/c1-13-7-9-14(10-8-13)11-12-17(23)20-19(26)22-21-18(24)15-5-3-4-6-16(15)25-2/h3-12H,1-2H3,(H,21,24)(H2,20,22,23,26). The number of amides is 2. The molecule has 0 spiro atoms. The van der Waals surface area contributed by atoms with E-state index < -0.39 is 11.8 Å². The maximum Gasteiger partial charge on any atom is 0.273 e. The molecule has 0 heterocycles. The van der Waals surface area contributed by atoms with Crippen LogP contribution < -0.4 is 20.9 Å². The number of hydrogen-bond donors (Lipinski definition) is 3. The number of carbonyl (C=O) groups is 2. The van der Waals surface area contributed by atoms with Gasteiger partial charge in [0.15, 0.2) is 5.11 Å². The number of hydrogen-bond acceptors (Lipinski definition) is 4. The Balaban J connectivity index is 1.83. The molecule has 2 aromatic rings. The number of para-hydroxylation sites is 1. The minimum absolute atomic E-state index is 0.0215. The fourth-order valence-electron chi connectivity index (χ4n) is 2.05. The van der Waals surface area contributed by atoms with Crippen LogP contribution in [0.1, 0.15) is 21.5 Å². The lowest BCUT2D eigenvalue weighted by molar-refractivity contribution is -0.115. The Morgan fingerprint density at radius 3 is 2.42 bits per heavy atom. The molecule has 2 aromatic carbocycles. The minimum Gasteiger partial charge on any atom is -0.496 e. The molecule has 0 bridgehead atoms. The van der Waals surface area contributed by atoms with Gasteiger partial charge in [0, 0.05) is 6.08 Å². The van der Waals surface area contributed by atoms with E-state index in [1.54, 1.807) is 30.3 Å². The molecule has 3 N–H and O–H groups in total. The summed E-state index contributed by atoms with van der Waals surface area (Å²) in [5.74, 6) is -0.411. The fraction of sp³-hybridized carbons (Fsp3) is 0.105. The molecule has 0 radical (unpaired) electrons. The van der Waals surface area contributed by atoms with Gasteiger partial charge in [-0.2, -0.15) is 0 Å². The van der Waals surface area contributed by atoms with Crippen LogP contribution in [-0.4, -0.2) is 24.0 Å². The van der Waals surface area contributed by atoms with Crippen LogP contribution in [0.15, 0.2) is 54.6 Å². The molecule has 0 aliphatic rings. The second kappa shape index (κ2) is 9.33. The molecule has 0 unspecified atom stereocenters. The van der Waals surface area contributed by atoms with E-state index in [9.17, 15) is 9.59 Å². The van der Waals surface area contributed by atoms with Crippen molar-refractivity contribution in [2.75, 3.05) is 7.11 Å². The Hall–Kier alpha value is -3.19. The monoisotopic (exact) mass is 369 g/mol. The van der Waals surface area contributed by atoms with Crippen molar-refractivity contribution in [3.63, 3.8) is 0 Å². The molecule has 134 valence electrons. The third-order valence-electron chi connectivity index (χ3n) is 3.38. The van der Waals surface area contributed by atoms with Crippen LogP contribution >= 0.6 is 12.2 Å². The summed E-state index contributed by atoms with van der Waals surface area (Å²) in [6, 6.07) is 14.5. The maximum absolute atomic E-state index is 12.1. The van der Waals surface area contributed by atoms with Gasteiger partial charge in [-0.1, -0.05) is 42.0 Å². The van der Waals surface area contributed by atoms with Crippen molar-refractivity contribution in [1.82, 2.24) is 16.2 Å². The quantitative estimate of drug-likeness (QED) is 0.438. The summed E-state index contributed by atoms with van der Waals surface area (Å²) < 4.78 is 5.12. The Bertz CT molecular complexity index is 832. The van der Waals surface area contributed by atoms with Gasteiger partial charge in [-0.3, -0.25) is 25.8 Å². The van der Waals surface area contributed by atoms with Gasteiger partial charge in [-0.25, -0.2) is 0 Å². The number of hydrazine groups is 1. The number of ether oxygens (including phenoxy) is 1. The number of rotatable bonds is 4. The zero-order chi connectivity index (χ0) is 18.9. The van der Waals surface area contributed by atoms with Crippen molar-refractivity contribution in [3.05, 3.63) is 71.3 Å². The fourth-order valence-corrected chi connectivity index (χ4v) is 2.20. The van der Waals surface area contributed by atoms with E-state index in [4.69, 9.17) is 17.0 Å². The summed E-state index contributed by atoms with van der Waals surface area (Å²) in [5.41, 5.74) is 7.27. The van der Waals surface area contributed by atoms with Crippen LogP contribution in [0.2, 0.25) is 0 Å². The van der Waals surface area contributed by atoms with Crippen molar-refractivity contribution in [1.29, 1.82) is 0 Å². The first-order valence-corrected chi connectivity index (χ1v) is 8.19. The first-order chi connectivity index (χ1) is 12.5. The van der Waals surface area contributed by atoms with Crippen LogP contribution in [0.3, 0.4) is 0 Å². The number of nitrogens with one attached hydrogen (secondary N) is 3. The van der Waals surface area contributed by atoms with E-state index >= 15 is 0 Å². The zero-order valence-electron chi connectivity index (χ0n) is 14.4. The number of thiocarbonyl (C=S) groups is 1. The largest absolute Gasteiger partial charge is 0.496 e. The molecule has 0 aromatic heterocycles. The van der Waals surface area contributed by atoms with E-state index in [1.165, 1.54) is 13.2 Å². The summed E-state index contributed by atoms with van der Waals surface area (Å²) in [6.07, 6.45) is 3.03. The van der Waals surface area contributed by atoms with E-state index in [2.05, 4.69) is 16.2 Å². The number of aryl methyl sites for hydroxylation is 1. The van der Waals surface area contributed by atoms with Crippen molar-refractivity contribution >= 4 is 35.2 Å². The second-order valence-corrected chi connectivity index (χ2v) is 5.75. The molecule has 0 saturated heterocycles. The van der Waals surface area contributed by atoms with Crippen LogP contribution in [0.25, 0.3) is 6.08 Å². The lowest BCUT2D eigenvalue weighted by Gasteiger charge is -2.11. The molecule has 2 rings (SSSR count). The molecule has 0 atom stereocenters. The van der Waals surface area contributed by atoms with Crippen molar-refractivity contribution in [2.24, 2.45) is 0 Å². The smallest absolute Gasteiger partial charge is 0.273 e. The number of benzene rings is 2. The van der Waals surface area contributed by atoms with Crippen molar-refractivity contribution in [3.8, 4) is 5.75 Å². The number of carbonyl (C=O) groups excluding carboxylic acids is 2. The minimum atomic E-state index is -0.436. The summed E-state index contributed by atoms with van der Waals surface area (Å²) in [5, 5.41) is 2.42. The topological polar surface area (TPSA) is 79.5 Å². The molecule has 0 aliphatic carbocycles. The van der Waals surface area contributed by atoms with Crippen LogP contribution in [0.5, 0.6) is 5.75 Å².